The molecule has 7 nitrogen and oxygen atoms in total. The molecule has 2 amide bonds. The average Bonchev–Trinajstić information content (AvgIpc) is 3.08. The lowest BCUT2D eigenvalue weighted by atomic mass is 9.81. The molecule has 0 unspecified atom stereocenters. The number of rotatable bonds is 4. The summed E-state index contributed by atoms with van der Waals surface area (Å²) in [5.74, 6) is 0.309. The van der Waals surface area contributed by atoms with Crippen molar-refractivity contribution >= 4 is 17.9 Å². The van der Waals surface area contributed by atoms with Crippen LogP contribution in [0.2, 0.25) is 0 Å². The number of amides is 2. The van der Waals surface area contributed by atoms with E-state index in [-0.39, 0.29) is 24.3 Å². The molecule has 7 heteroatoms. The minimum Gasteiger partial charge on any atom is -0.444 e. The van der Waals surface area contributed by atoms with Crippen molar-refractivity contribution < 1.29 is 19.1 Å². The third-order valence-electron chi connectivity index (χ3n) is 5.57. The molecular formula is C24H37N3O4. The minimum absolute atomic E-state index is 0.0103. The lowest BCUT2D eigenvalue weighted by Gasteiger charge is -2.40. The fourth-order valence-corrected chi connectivity index (χ4v) is 4.47. The van der Waals surface area contributed by atoms with Gasteiger partial charge in [0, 0.05) is 30.7 Å². The van der Waals surface area contributed by atoms with E-state index in [2.05, 4.69) is 22.8 Å². The van der Waals surface area contributed by atoms with Gasteiger partial charge in [0.25, 0.3) is 0 Å². The number of benzene rings is 1. The largest absolute Gasteiger partial charge is 0.444 e. The summed E-state index contributed by atoms with van der Waals surface area (Å²) in [5.41, 5.74) is 1.21. The molecule has 0 aromatic heterocycles. The van der Waals surface area contributed by atoms with E-state index in [1.807, 2.05) is 58.6 Å². The standard InChI is InChI=1S/C24H37N3O4/c1-23(2,3)30-21(28)25-14-9-12-19-17-13-15-27(22(29)31-24(4,5)6)20(17)16-10-7-8-11-18(16)26-19/h7-8,10-11,17,19-20,26H,9,12-15H2,1-6H3,(H,25,28)/t17-,19+,20+/m0/s1. The zero-order chi connectivity index (χ0) is 22.8. The van der Waals surface area contributed by atoms with Crippen molar-refractivity contribution in [1.29, 1.82) is 0 Å². The van der Waals surface area contributed by atoms with Crippen molar-refractivity contribution in [3.8, 4) is 0 Å². The number of hydrogen-bond donors (Lipinski definition) is 2. The summed E-state index contributed by atoms with van der Waals surface area (Å²) in [5, 5.41) is 6.52. The Kier molecular flexibility index (Phi) is 6.72. The van der Waals surface area contributed by atoms with E-state index in [1.54, 1.807) is 0 Å². The first-order valence-corrected chi connectivity index (χ1v) is 11.3. The Bertz CT molecular complexity index is 797. The van der Waals surface area contributed by atoms with E-state index in [9.17, 15) is 9.59 Å². The normalized spacial score (nSPS) is 22.8. The molecule has 0 aliphatic carbocycles. The van der Waals surface area contributed by atoms with Gasteiger partial charge in [0.1, 0.15) is 11.2 Å². The van der Waals surface area contributed by atoms with Crippen LogP contribution < -0.4 is 10.6 Å². The van der Waals surface area contributed by atoms with Crippen LogP contribution in [0.4, 0.5) is 15.3 Å². The van der Waals surface area contributed by atoms with Crippen LogP contribution in [0.5, 0.6) is 0 Å². The fraction of sp³-hybridized carbons (Fsp3) is 0.667. The number of alkyl carbamates (subject to hydrolysis) is 1. The van der Waals surface area contributed by atoms with Crippen LogP contribution in [-0.4, -0.2) is 47.4 Å². The maximum Gasteiger partial charge on any atom is 0.410 e. The van der Waals surface area contributed by atoms with Crippen molar-refractivity contribution in [2.24, 2.45) is 5.92 Å². The summed E-state index contributed by atoms with van der Waals surface area (Å²) < 4.78 is 11.0. The van der Waals surface area contributed by atoms with Crippen molar-refractivity contribution in [1.82, 2.24) is 10.2 Å². The molecule has 1 saturated heterocycles. The quantitative estimate of drug-likeness (QED) is 0.650. The van der Waals surface area contributed by atoms with Gasteiger partial charge in [0.15, 0.2) is 0 Å². The molecule has 2 aliphatic rings. The van der Waals surface area contributed by atoms with E-state index >= 15 is 0 Å². The number of ether oxygens (including phenoxy) is 2. The molecule has 1 aromatic rings. The van der Waals surface area contributed by atoms with Crippen LogP contribution in [0.15, 0.2) is 24.3 Å². The highest BCUT2D eigenvalue weighted by atomic mass is 16.6. The number of para-hydroxylation sites is 1. The van der Waals surface area contributed by atoms with Crippen molar-refractivity contribution in [3.05, 3.63) is 29.8 Å². The van der Waals surface area contributed by atoms with E-state index < -0.39 is 11.2 Å². The smallest absolute Gasteiger partial charge is 0.410 e. The predicted octanol–water partition coefficient (Wildman–Crippen LogP) is 5.08. The molecule has 3 rings (SSSR count). The Balaban J connectivity index is 1.65. The molecule has 1 aromatic carbocycles. The molecule has 1 fully saturated rings. The second kappa shape index (κ2) is 8.97. The molecule has 2 aliphatic heterocycles. The van der Waals surface area contributed by atoms with Crippen LogP contribution in [0.1, 0.15) is 72.4 Å². The molecule has 2 heterocycles. The fourth-order valence-electron chi connectivity index (χ4n) is 4.47. The first kappa shape index (κ1) is 23.2. The number of carbonyl (C=O) groups is 2. The van der Waals surface area contributed by atoms with E-state index in [0.29, 0.717) is 19.0 Å². The van der Waals surface area contributed by atoms with Gasteiger partial charge in [0.2, 0.25) is 0 Å². The highest BCUT2D eigenvalue weighted by molar-refractivity contribution is 5.71. The topological polar surface area (TPSA) is 79.9 Å². The van der Waals surface area contributed by atoms with Gasteiger partial charge in [-0.3, -0.25) is 0 Å². The van der Waals surface area contributed by atoms with Crippen LogP contribution in [-0.2, 0) is 9.47 Å². The lowest BCUT2D eigenvalue weighted by Crippen LogP contribution is -2.43. The number of carbonyl (C=O) groups excluding carboxylic acids is 2. The summed E-state index contributed by atoms with van der Waals surface area (Å²) in [7, 11) is 0. The number of fused-ring (bicyclic) bond motifs is 3. The Labute approximate surface area is 185 Å². The zero-order valence-electron chi connectivity index (χ0n) is 19.7. The highest BCUT2D eigenvalue weighted by Gasteiger charge is 2.46. The maximum atomic E-state index is 12.9. The molecule has 0 saturated carbocycles. The summed E-state index contributed by atoms with van der Waals surface area (Å²) in [6.45, 7) is 12.5. The van der Waals surface area contributed by atoms with Gasteiger partial charge in [-0.15, -0.1) is 0 Å². The van der Waals surface area contributed by atoms with Crippen molar-refractivity contribution in [3.63, 3.8) is 0 Å². The van der Waals surface area contributed by atoms with Crippen LogP contribution in [0.25, 0.3) is 0 Å². The van der Waals surface area contributed by atoms with Crippen molar-refractivity contribution in [2.45, 2.75) is 84.1 Å². The monoisotopic (exact) mass is 431 g/mol. The average molecular weight is 432 g/mol. The Morgan fingerprint density at radius 2 is 1.77 bits per heavy atom. The van der Waals surface area contributed by atoms with E-state index in [0.717, 1.165) is 30.5 Å². The maximum absolute atomic E-state index is 12.9. The highest BCUT2D eigenvalue weighted by Crippen LogP contribution is 2.47. The van der Waals surface area contributed by atoms with Gasteiger partial charge in [-0.25, -0.2) is 9.59 Å². The molecule has 2 N–H and O–H groups in total. The number of anilines is 1. The summed E-state index contributed by atoms with van der Waals surface area (Å²) in [4.78, 5) is 26.7. The van der Waals surface area contributed by atoms with Gasteiger partial charge in [0.05, 0.1) is 6.04 Å². The number of likely N-dealkylation sites (tertiary alicyclic amines) is 1. The molecule has 0 bridgehead atoms. The molecule has 0 spiro atoms. The summed E-state index contributed by atoms with van der Waals surface area (Å²) in [6, 6.07) is 8.45. The van der Waals surface area contributed by atoms with Gasteiger partial charge >= 0.3 is 12.2 Å². The van der Waals surface area contributed by atoms with Crippen molar-refractivity contribution in [2.75, 3.05) is 18.4 Å². The number of nitrogens with one attached hydrogen (secondary N) is 2. The predicted molar refractivity (Wildman–Crippen MR) is 121 cm³/mol. The van der Waals surface area contributed by atoms with Gasteiger partial charge in [-0.05, 0) is 72.4 Å². The molecule has 3 atom stereocenters. The van der Waals surface area contributed by atoms with E-state index in [4.69, 9.17) is 9.47 Å². The first-order chi connectivity index (χ1) is 14.4. The third-order valence-corrected chi connectivity index (χ3v) is 5.57. The van der Waals surface area contributed by atoms with Crippen LogP contribution in [0.3, 0.4) is 0 Å². The molecule has 31 heavy (non-hydrogen) atoms. The summed E-state index contributed by atoms with van der Waals surface area (Å²) in [6.07, 6.45) is 2.02. The van der Waals surface area contributed by atoms with E-state index in [1.165, 1.54) is 0 Å². The van der Waals surface area contributed by atoms with Gasteiger partial charge in [-0.1, -0.05) is 18.2 Å². The Morgan fingerprint density at radius 3 is 2.45 bits per heavy atom. The SMILES string of the molecule is CC(C)(C)OC(=O)NCCC[C@H]1Nc2ccccc2[C@@H]2[C@H]1CCN2C(=O)OC(C)(C)C. The lowest BCUT2D eigenvalue weighted by molar-refractivity contribution is 0.0197. The first-order valence-electron chi connectivity index (χ1n) is 11.3. The zero-order valence-corrected chi connectivity index (χ0v) is 19.7. The Hall–Kier alpha value is -2.44. The number of hydrogen-bond acceptors (Lipinski definition) is 5. The van der Waals surface area contributed by atoms with Gasteiger partial charge in [-0.2, -0.15) is 0 Å². The third kappa shape index (κ3) is 6.05. The molecule has 0 radical (unpaired) electrons. The number of nitrogens with zero attached hydrogens (tertiary/aromatic N) is 1. The molecule has 172 valence electrons. The van der Waals surface area contributed by atoms with Crippen LogP contribution in [0, 0.1) is 5.92 Å². The summed E-state index contributed by atoms with van der Waals surface area (Å²) >= 11 is 0. The molecular weight excluding hydrogens is 394 g/mol. The van der Waals surface area contributed by atoms with Crippen LogP contribution >= 0.6 is 0 Å². The minimum atomic E-state index is -0.520. The Morgan fingerprint density at radius 1 is 1.10 bits per heavy atom. The second-order valence-electron chi connectivity index (χ2n) is 10.5. The second-order valence-corrected chi connectivity index (χ2v) is 10.5. The van der Waals surface area contributed by atoms with Gasteiger partial charge < -0.3 is 25.0 Å².